The minimum absolute atomic E-state index is 0.00435. The fourth-order valence-corrected chi connectivity index (χ4v) is 9.65. The molecule has 5 aliphatic heterocycles. The number of carbonyl (C=O) groups is 5. The smallest absolute Gasteiger partial charge is 0.326 e. The number of likely N-dealkylation sites (tertiary alicyclic amines) is 2. The molecule has 0 aromatic heterocycles. The zero-order chi connectivity index (χ0) is 38.3. The number of phenolic OH excluding ortho intramolecular Hbond substituents is 1. The normalized spacial score (nSPS) is 21.7. The van der Waals surface area contributed by atoms with Gasteiger partial charge >= 0.3 is 10.2 Å². The first-order valence-corrected chi connectivity index (χ1v) is 19.5. The summed E-state index contributed by atoms with van der Waals surface area (Å²) < 4.78 is 48.6. The fourth-order valence-electron chi connectivity index (χ4n) is 8.49. The van der Waals surface area contributed by atoms with Crippen LogP contribution in [0.5, 0.6) is 11.5 Å². The number of hydrogen-bond acceptors (Lipinski definition) is 10. The molecule has 0 spiro atoms. The Bertz CT molecular complexity index is 2480. The third-order valence-corrected chi connectivity index (χ3v) is 12.6. The number of phenols is 1. The van der Waals surface area contributed by atoms with Crippen molar-refractivity contribution >= 4 is 72.7 Å². The zero-order valence-corrected chi connectivity index (χ0v) is 30.1. The summed E-state index contributed by atoms with van der Waals surface area (Å²) in [6.45, 7) is 1.68. The number of halogens is 1. The van der Waals surface area contributed by atoms with Gasteiger partial charge in [-0.25, -0.2) is 13.4 Å². The van der Waals surface area contributed by atoms with E-state index in [2.05, 4.69) is 10.2 Å². The molecule has 5 heterocycles. The van der Waals surface area contributed by atoms with Crippen LogP contribution in [0.2, 0.25) is 0 Å². The first kappa shape index (κ1) is 34.9. The molecular weight excluding hydrogens is 736 g/mol. The van der Waals surface area contributed by atoms with Gasteiger partial charge in [0.15, 0.2) is 5.82 Å². The van der Waals surface area contributed by atoms with Gasteiger partial charge in [-0.05, 0) is 84.9 Å². The van der Waals surface area contributed by atoms with Crippen molar-refractivity contribution in [3.8, 4) is 11.5 Å². The summed E-state index contributed by atoms with van der Waals surface area (Å²) in [6, 6.07) is 14.6. The Morgan fingerprint density at radius 3 is 2.45 bits per heavy atom. The highest BCUT2D eigenvalue weighted by molar-refractivity contribution is 7.92. The summed E-state index contributed by atoms with van der Waals surface area (Å²) in [6.07, 6.45) is 1.74. The standard InChI is InChI=1S/C38H35FN6O9S/c39-35-27-15-22(5-4-21(27)14-30(46)36(35)44-18-32(48)41-55(44,52)53)54-23-16-43(17-23)33(49)19-42-12-10-20(11-13-42)24-6-7-28-34-25(24)2-1-3-26(34)38(51)45(28)29-8-9-31(47)40-37(29)50/h1-7,14-15,20,23,29,46H,8-13,16-19H2,(H,41,48)(H,40,47,50). The van der Waals surface area contributed by atoms with Crippen molar-refractivity contribution in [1.82, 2.24) is 19.8 Å². The average Bonchev–Trinajstić information content (AvgIpc) is 3.57. The van der Waals surface area contributed by atoms with E-state index in [9.17, 15) is 37.5 Å². The molecule has 1 atom stereocenters. The van der Waals surface area contributed by atoms with Crippen LogP contribution in [-0.2, 0) is 29.4 Å². The molecule has 284 valence electrons. The van der Waals surface area contributed by atoms with E-state index in [1.807, 2.05) is 24.3 Å². The Kier molecular flexibility index (Phi) is 8.20. The van der Waals surface area contributed by atoms with Crippen LogP contribution in [0.3, 0.4) is 0 Å². The van der Waals surface area contributed by atoms with Crippen LogP contribution in [0.1, 0.15) is 47.5 Å². The van der Waals surface area contributed by atoms with Crippen LogP contribution in [0.25, 0.3) is 21.5 Å². The number of aromatic hydroxyl groups is 1. The number of nitrogens with zero attached hydrogens (tertiary/aromatic N) is 4. The number of rotatable bonds is 7. The SMILES string of the molecule is O=C1CCC(N2C(=O)c3cccc4c(C5CCN(CC(=O)N6CC(Oc7ccc8cc(O)c(N9CC(=O)NS9(=O)=O)c(F)c8c7)C6)CC5)ccc2c34)C(=O)N1. The van der Waals surface area contributed by atoms with Gasteiger partial charge in [0.25, 0.3) is 11.8 Å². The van der Waals surface area contributed by atoms with E-state index < -0.39 is 51.9 Å². The van der Waals surface area contributed by atoms with E-state index in [1.54, 1.807) is 21.8 Å². The summed E-state index contributed by atoms with van der Waals surface area (Å²) in [5.41, 5.74) is 1.73. The molecule has 5 amide bonds. The highest BCUT2D eigenvalue weighted by atomic mass is 32.2. The Hall–Kier alpha value is -5.81. The van der Waals surface area contributed by atoms with Crippen LogP contribution >= 0.6 is 0 Å². The van der Waals surface area contributed by atoms with Gasteiger partial charge in [0, 0.05) is 22.8 Å². The van der Waals surface area contributed by atoms with Gasteiger partial charge in [-0.15, -0.1) is 0 Å². The number of piperidine rings is 2. The lowest BCUT2D eigenvalue weighted by atomic mass is 9.85. The summed E-state index contributed by atoms with van der Waals surface area (Å²) in [5.74, 6) is -3.05. The van der Waals surface area contributed by atoms with Gasteiger partial charge < -0.3 is 14.7 Å². The van der Waals surface area contributed by atoms with Crippen LogP contribution < -0.4 is 24.0 Å². The maximum absolute atomic E-state index is 15.6. The Labute approximate surface area is 313 Å². The second-order valence-electron chi connectivity index (χ2n) is 14.6. The summed E-state index contributed by atoms with van der Waals surface area (Å²) in [4.78, 5) is 68.3. The molecule has 4 fully saturated rings. The van der Waals surface area contributed by atoms with Crippen LogP contribution in [-0.4, -0.2) is 104 Å². The molecule has 0 radical (unpaired) electrons. The maximum atomic E-state index is 15.6. The summed E-state index contributed by atoms with van der Waals surface area (Å²) in [5, 5.41) is 14.9. The van der Waals surface area contributed by atoms with E-state index in [4.69, 9.17) is 4.74 Å². The maximum Gasteiger partial charge on any atom is 0.326 e. The van der Waals surface area contributed by atoms with E-state index >= 15 is 4.39 Å². The third kappa shape index (κ3) is 5.88. The summed E-state index contributed by atoms with van der Waals surface area (Å²) in [7, 11) is -4.35. The van der Waals surface area contributed by atoms with Gasteiger partial charge in [-0.3, -0.25) is 39.1 Å². The predicted molar refractivity (Wildman–Crippen MR) is 196 cm³/mol. The predicted octanol–water partition coefficient (Wildman–Crippen LogP) is 2.25. The van der Waals surface area contributed by atoms with E-state index in [0.717, 1.165) is 29.2 Å². The second kappa shape index (κ2) is 12.9. The number of fused-ring (bicyclic) bond motifs is 1. The van der Waals surface area contributed by atoms with Crippen molar-refractivity contribution in [2.75, 3.05) is 48.5 Å². The number of benzene rings is 4. The van der Waals surface area contributed by atoms with Crippen LogP contribution in [0.4, 0.5) is 15.8 Å². The quantitative estimate of drug-likeness (QED) is 0.236. The molecule has 5 aliphatic rings. The summed E-state index contributed by atoms with van der Waals surface area (Å²) >= 11 is 0. The number of amides is 5. The molecule has 0 bridgehead atoms. The van der Waals surface area contributed by atoms with Crippen molar-refractivity contribution in [3.63, 3.8) is 0 Å². The Morgan fingerprint density at radius 1 is 0.945 bits per heavy atom. The Balaban J connectivity index is 0.812. The number of carbonyl (C=O) groups excluding carboxylic acids is 5. The van der Waals surface area contributed by atoms with Crippen molar-refractivity contribution < 1.29 is 46.6 Å². The molecule has 3 N–H and O–H groups in total. The molecule has 9 rings (SSSR count). The molecule has 15 nitrogen and oxygen atoms in total. The van der Waals surface area contributed by atoms with Crippen molar-refractivity contribution in [2.45, 2.75) is 43.7 Å². The second-order valence-corrected chi connectivity index (χ2v) is 16.2. The van der Waals surface area contributed by atoms with Crippen molar-refractivity contribution in [2.24, 2.45) is 0 Å². The van der Waals surface area contributed by atoms with Gasteiger partial charge in [-0.1, -0.05) is 24.3 Å². The highest BCUT2D eigenvalue weighted by Gasteiger charge is 2.42. The van der Waals surface area contributed by atoms with Gasteiger partial charge in [0.1, 0.15) is 35.9 Å². The topological polar surface area (TPSA) is 186 Å². The third-order valence-electron chi connectivity index (χ3n) is 11.2. The molecule has 0 saturated carbocycles. The first-order valence-electron chi connectivity index (χ1n) is 18.0. The van der Waals surface area contributed by atoms with E-state index in [0.29, 0.717) is 52.9 Å². The lowest BCUT2D eigenvalue weighted by Crippen LogP contribution is -2.58. The molecule has 17 heteroatoms. The lowest BCUT2D eigenvalue weighted by Gasteiger charge is -2.40. The highest BCUT2D eigenvalue weighted by Crippen LogP contribution is 2.44. The average molecular weight is 771 g/mol. The lowest BCUT2D eigenvalue weighted by molar-refractivity contribution is -0.141. The largest absolute Gasteiger partial charge is 0.506 e. The minimum atomic E-state index is -4.35. The van der Waals surface area contributed by atoms with Crippen molar-refractivity contribution in [1.29, 1.82) is 0 Å². The molecule has 55 heavy (non-hydrogen) atoms. The Morgan fingerprint density at radius 2 is 1.73 bits per heavy atom. The number of imide groups is 1. The number of ether oxygens (including phenoxy) is 1. The van der Waals surface area contributed by atoms with Crippen molar-refractivity contribution in [3.05, 3.63) is 71.5 Å². The van der Waals surface area contributed by atoms with Gasteiger partial charge in [-0.2, -0.15) is 8.42 Å². The molecule has 4 aromatic rings. The monoisotopic (exact) mass is 770 g/mol. The number of anilines is 2. The molecule has 1 unspecified atom stereocenters. The number of nitrogens with one attached hydrogen (secondary N) is 2. The van der Waals surface area contributed by atoms with E-state index in [1.165, 1.54) is 23.1 Å². The van der Waals surface area contributed by atoms with E-state index in [-0.39, 0.29) is 54.5 Å². The molecule has 0 aliphatic carbocycles. The first-order chi connectivity index (χ1) is 26.4. The van der Waals surface area contributed by atoms with Crippen LogP contribution in [0.15, 0.2) is 54.6 Å². The molecular formula is C38H35FN6O9S. The van der Waals surface area contributed by atoms with Gasteiger partial charge in [0.2, 0.25) is 17.7 Å². The number of hydrogen-bond donors (Lipinski definition) is 3. The van der Waals surface area contributed by atoms with Gasteiger partial charge in [0.05, 0.1) is 25.3 Å². The fraction of sp³-hybridized carbons (Fsp3) is 0.342. The minimum Gasteiger partial charge on any atom is -0.506 e. The zero-order valence-electron chi connectivity index (χ0n) is 29.3. The van der Waals surface area contributed by atoms with Crippen LogP contribution in [0, 0.1) is 5.82 Å². The molecule has 4 aromatic carbocycles. The molecule has 4 saturated heterocycles.